The monoisotopic (exact) mass is 274 g/mol. The van der Waals surface area contributed by atoms with Crippen LogP contribution in [0, 0.1) is 0 Å². The van der Waals surface area contributed by atoms with Crippen LogP contribution in [-0.4, -0.2) is 38.8 Å². The van der Waals surface area contributed by atoms with Crippen LogP contribution in [0.2, 0.25) is 0 Å². The Morgan fingerprint density at radius 3 is 3.00 bits per heavy atom. The number of carbonyl (C=O) groups excluding carboxylic acids is 1. The van der Waals surface area contributed by atoms with Gasteiger partial charge in [-0.1, -0.05) is 0 Å². The zero-order chi connectivity index (χ0) is 13.1. The number of hydrogen-bond acceptors (Lipinski definition) is 5. The fraction of sp³-hybridized carbons (Fsp3) is 0.385. The molecule has 1 atom stereocenters. The second-order valence-electron chi connectivity index (χ2n) is 4.55. The van der Waals surface area contributed by atoms with Crippen LogP contribution in [0.15, 0.2) is 30.2 Å². The first-order chi connectivity index (χ1) is 9.34. The van der Waals surface area contributed by atoms with E-state index in [4.69, 9.17) is 0 Å². The van der Waals surface area contributed by atoms with Crippen LogP contribution in [0.25, 0.3) is 0 Å². The van der Waals surface area contributed by atoms with Gasteiger partial charge >= 0.3 is 0 Å². The number of likely N-dealkylation sites (tertiary alicyclic amines) is 1. The Morgan fingerprint density at radius 1 is 1.32 bits per heavy atom. The second kappa shape index (κ2) is 5.44. The third-order valence-corrected chi connectivity index (χ3v) is 4.23. The summed E-state index contributed by atoms with van der Waals surface area (Å²) in [4.78, 5) is 26.6. The maximum atomic E-state index is 12.3. The Labute approximate surface area is 115 Å². The summed E-state index contributed by atoms with van der Waals surface area (Å²) in [6.45, 7) is 1.51. The average Bonchev–Trinajstić information content (AvgIpc) is 3.02. The number of thiazole rings is 1. The molecule has 1 aliphatic heterocycles. The van der Waals surface area contributed by atoms with Gasteiger partial charge in [0, 0.05) is 43.0 Å². The summed E-state index contributed by atoms with van der Waals surface area (Å²) < 4.78 is 0. The molecule has 0 N–H and O–H groups in total. The molecule has 1 aliphatic rings. The van der Waals surface area contributed by atoms with Gasteiger partial charge in [0.15, 0.2) is 0 Å². The van der Waals surface area contributed by atoms with E-state index in [9.17, 15) is 4.79 Å². The summed E-state index contributed by atoms with van der Waals surface area (Å²) >= 11 is 1.66. The van der Waals surface area contributed by atoms with E-state index in [2.05, 4.69) is 15.0 Å². The molecule has 0 radical (unpaired) electrons. The van der Waals surface area contributed by atoms with Crippen molar-refractivity contribution in [2.45, 2.75) is 18.8 Å². The predicted octanol–water partition coefficient (Wildman–Crippen LogP) is 1.95. The maximum Gasteiger partial charge on any atom is 0.274 e. The summed E-state index contributed by atoms with van der Waals surface area (Å²) in [5.41, 5.74) is 0.419. The molecule has 0 bridgehead atoms. The lowest BCUT2D eigenvalue weighted by Gasteiger charge is -2.31. The van der Waals surface area contributed by atoms with Gasteiger partial charge in [-0.2, -0.15) is 0 Å². The largest absolute Gasteiger partial charge is 0.337 e. The van der Waals surface area contributed by atoms with Gasteiger partial charge in [-0.05, 0) is 12.8 Å². The van der Waals surface area contributed by atoms with Crippen molar-refractivity contribution in [3.63, 3.8) is 0 Å². The third-order valence-electron chi connectivity index (χ3n) is 3.29. The number of piperidine rings is 1. The molecular weight excluding hydrogens is 260 g/mol. The van der Waals surface area contributed by atoms with Crippen LogP contribution in [-0.2, 0) is 0 Å². The molecule has 3 heterocycles. The van der Waals surface area contributed by atoms with E-state index < -0.39 is 0 Å². The molecule has 2 aromatic rings. The number of carbonyl (C=O) groups is 1. The quantitative estimate of drug-likeness (QED) is 0.840. The minimum absolute atomic E-state index is 0.0330. The van der Waals surface area contributed by atoms with Gasteiger partial charge in [0.25, 0.3) is 5.91 Å². The van der Waals surface area contributed by atoms with Gasteiger partial charge < -0.3 is 4.90 Å². The summed E-state index contributed by atoms with van der Waals surface area (Å²) in [5, 5.41) is 3.11. The van der Waals surface area contributed by atoms with E-state index in [1.54, 1.807) is 23.7 Å². The van der Waals surface area contributed by atoms with E-state index in [0.717, 1.165) is 30.9 Å². The Hall–Kier alpha value is -1.82. The minimum atomic E-state index is -0.0330. The number of aromatic nitrogens is 3. The van der Waals surface area contributed by atoms with E-state index in [-0.39, 0.29) is 5.91 Å². The zero-order valence-corrected chi connectivity index (χ0v) is 11.2. The highest BCUT2D eigenvalue weighted by molar-refractivity contribution is 7.09. The minimum Gasteiger partial charge on any atom is -0.337 e. The molecule has 3 rings (SSSR count). The molecule has 1 amide bonds. The van der Waals surface area contributed by atoms with Gasteiger partial charge in [-0.15, -0.1) is 11.3 Å². The van der Waals surface area contributed by atoms with Crippen LogP contribution >= 0.6 is 11.3 Å². The molecule has 6 heteroatoms. The summed E-state index contributed by atoms with van der Waals surface area (Å²) in [6, 6.07) is 0. The predicted molar refractivity (Wildman–Crippen MR) is 72.0 cm³/mol. The topological polar surface area (TPSA) is 59.0 Å². The molecule has 0 aromatic carbocycles. The van der Waals surface area contributed by atoms with Crippen LogP contribution in [0.3, 0.4) is 0 Å². The van der Waals surface area contributed by atoms with Crippen molar-refractivity contribution < 1.29 is 4.79 Å². The number of rotatable bonds is 2. The fourth-order valence-corrected chi connectivity index (χ4v) is 3.14. The standard InChI is InChI=1S/C13H14N4OS/c18-13(11-8-14-3-4-15-11)17-6-1-2-10(9-17)12-16-5-7-19-12/h3-5,7-8,10H,1-2,6,9H2/t10-/m1/s1. The lowest BCUT2D eigenvalue weighted by Crippen LogP contribution is -2.39. The molecule has 5 nitrogen and oxygen atoms in total. The van der Waals surface area contributed by atoms with Crippen molar-refractivity contribution >= 4 is 17.2 Å². The van der Waals surface area contributed by atoms with E-state index in [0.29, 0.717) is 11.6 Å². The van der Waals surface area contributed by atoms with Crippen molar-refractivity contribution in [2.24, 2.45) is 0 Å². The molecule has 0 saturated carbocycles. The highest BCUT2D eigenvalue weighted by Gasteiger charge is 2.27. The first-order valence-corrected chi connectivity index (χ1v) is 7.17. The first-order valence-electron chi connectivity index (χ1n) is 6.29. The summed E-state index contributed by atoms with van der Waals surface area (Å²) in [7, 11) is 0. The molecule has 98 valence electrons. The first kappa shape index (κ1) is 12.2. The van der Waals surface area contributed by atoms with Gasteiger partial charge in [0.05, 0.1) is 11.2 Å². The van der Waals surface area contributed by atoms with Crippen LogP contribution in [0.4, 0.5) is 0 Å². The molecule has 0 unspecified atom stereocenters. The van der Waals surface area contributed by atoms with Crippen molar-refractivity contribution in [3.8, 4) is 0 Å². The summed E-state index contributed by atoms with van der Waals surface area (Å²) in [5.74, 6) is 0.323. The Bertz CT molecular complexity index is 543. The lowest BCUT2D eigenvalue weighted by molar-refractivity contribution is 0.0700. The molecule has 1 fully saturated rings. The van der Waals surface area contributed by atoms with E-state index in [1.165, 1.54) is 6.20 Å². The molecule has 19 heavy (non-hydrogen) atoms. The van der Waals surface area contributed by atoms with Gasteiger partial charge in [0.2, 0.25) is 0 Å². The second-order valence-corrected chi connectivity index (χ2v) is 5.48. The Balaban J connectivity index is 1.73. The van der Waals surface area contributed by atoms with Crippen LogP contribution < -0.4 is 0 Å². The van der Waals surface area contributed by atoms with Crippen LogP contribution in [0.1, 0.15) is 34.3 Å². The molecule has 2 aromatic heterocycles. The maximum absolute atomic E-state index is 12.3. The molecule has 0 spiro atoms. The van der Waals surface area contributed by atoms with E-state index in [1.807, 2.05) is 16.5 Å². The molecule has 1 saturated heterocycles. The van der Waals surface area contributed by atoms with Crippen LogP contribution in [0.5, 0.6) is 0 Å². The van der Waals surface area contributed by atoms with Crippen molar-refractivity contribution in [2.75, 3.05) is 13.1 Å². The normalized spacial score (nSPS) is 19.4. The average molecular weight is 274 g/mol. The number of hydrogen-bond donors (Lipinski definition) is 0. The lowest BCUT2D eigenvalue weighted by atomic mass is 9.98. The van der Waals surface area contributed by atoms with Crippen molar-refractivity contribution in [1.82, 2.24) is 19.9 Å². The van der Waals surface area contributed by atoms with Crippen molar-refractivity contribution in [1.29, 1.82) is 0 Å². The molecular formula is C13H14N4OS. The Morgan fingerprint density at radius 2 is 2.26 bits per heavy atom. The van der Waals surface area contributed by atoms with E-state index >= 15 is 0 Å². The summed E-state index contributed by atoms with van der Waals surface area (Å²) in [6.07, 6.45) is 8.58. The molecule has 0 aliphatic carbocycles. The number of amides is 1. The highest BCUT2D eigenvalue weighted by Crippen LogP contribution is 2.28. The smallest absolute Gasteiger partial charge is 0.274 e. The SMILES string of the molecule is O=C(c1cnccn1)N1CCC[C@@H](c2nccs2)C1. The van der Waals surface area contributed by atoms with Gasteiger partial charge in [-0.3, -0.25) is 9.78 Å². The van der Waals surface area contributed by atoms with Crippen molar-refractivity contribution in [3.05, 3.63) is 40.9 Å². The third kappa shape index (κ3) is 2.63. The number of nitrogens with zero attached hydrogens (tertiary/aromatic N) is 4. The zero-order valence-electron chi connectivity index (χ0n) is 10.4. The van der Waals surface area contributed by atoms with Gasteiger partial charge in [0.1, 0.15) is 5.69 Å². The fourth-order valence-electron chi connectivity index (χ4n) is 2.37. The Kier molecular flexibility index (Phi) is 3.50. The van der Waals surface area contributed by atoms with Gasteiger partial charge in [-0.25, -0.2) is 9.97 Å². The highest BCUT2D eigenvalue weighted by atomic mass is 32.1.